The van der Waals surface area contributed by atoms with Crippen LogP contribution in [0.4, 0.5) is 0 Å². The summed E-state index contributed by atoms with van der Waals surface area (Å²) >= 11 is 0. The lowest BCUT2D eigenvalue weighted by Gasteiger charge is -2.07. The summed E-state index contributed by atoms with van der Waals surface area (Å²) in [5.41, 5.74) is 6.27. The second kappa shape index (κ2) is 8.58. The molecule has 1 aromatic carbocycles. The van der Waals surface area contributed by atoms with Crippen molar-refractivity contribution in [2.45, 2.75) is 25.7 Å². The summed E-state index contributed by atoms with van der Waals surface area (Å²) in [6.07, 6.45) is 2.96. The lowest BCUT2D eigenvalue weighted by Crippen LogP contribution is -2.12. The topological polar surface area (TPSA) is 64.3 Å². The molecule has 5 heteroatoms. The van der Waals surface area contributed by atoms with Crippen LogP contribution >= 0.6 is 0 Å². The minimum atomic E-state index is -0.290. The molecule has 1 amide bonds. The average Bonchev–Trinajstić information content (AvgIpc) is 2.35. The molecule has 0 aromatic heterocycles. The van der Waals surface area contributed by atoms with Gasteiger partial charge in [-0.2, -0.15) is 0 Å². The largest absolute Gasteiger partial charge is 0.494 e. The molecule has 4 nitrogen and oxygen atoms in total. The van der Waals surface area contributed by atoms with Crippen molar-refractivity contribution >= 4 is 13.9 Å². The van der Waals surface area contributed by atoms with Gasteiger partial charge in [-0.25, -0.2) is 0 Å². The second-order valence-electron chi connectivity index (χ2n) is 4.12. The number of nitrogens with one attached hydrogen (secondary N) is 1. The first-order valence-electron chi connectivity index (χ1n) is 6.16. The van der Waals surface area contributed by atoms with E-state index in [0.29, 0.717) is 19.4 Å². The molecule has 1 rings (SSSR count). The normalized spacial score (nSPS) is 10.2. The van der Waals surface area contributed by atoms with Crippen molar-refractivity contribution in [3.63, 3.8) is 0 Å². The molecule has 0 bridgehead atoms. The summed E-state index contributed by atoms with van der Waals surface area (Å²) in [7, 11) is 5.22. The van der Waals surface area contributed by atoms with Gasteiger partial charge in [0, 0.05) is 6.42 Å². The molecule has 0 unspecified atom stereocenters. The molecular formula is C13H19BN2O2. The van der Waals surface area contributed by atoms with E-state index >= 15 is 0 Å². The number of amides is 1. The zero-order chi connectivity index (χ0) is 13.2. The Hall–Kier alpha value is -1.49. The van der Waals surface area contributed by atoms with Gasteiger partial charge in [0.1, 0.15) is 5.75 Å². The third kappa shape index (κ3) is 6.30. The molecular weight excluding hydrogens is 227 g/mol. The van der Waals surface area contributed by atoms with E-state index < -0.39 is 0 Å². The van der Waals surface area contributed by atoms with Gasteiger partial charge < -0.3 is 15.7 Å². The molecule has 0 fully saturated rings. The molecule has 0 spiro atoms. The van der Waals surface area contributed by atoms with Crippen LogP contribution in [0.3, 0.4) is 0 Å². The lowest BCUT2D eigenvalue weighted by molar-refractivity contribution is -0.118. The van der Waals surface area contributed by atoms with Crippen LogP contribution in [-0.2, 0) is 11.2 Å². The summed E-state index contributed by atoms with van der Waals surface area (Å²) in [4.78, 5) is 10.6. The molecule has 0 aliphatic rings. The number of hydrogen-bond acceptors (Lipinski definition) is 3. The maximum Gasteiger partial charge on any atom is 0.217 e. The maximum atomic E-state index is 10.6. The Morgan fingerprint density at radius 1 is 1.39 bits per heavy atom. The first-order valence-corrected chi connectivity index (χ1v) is 6.16. The fourth-order valence-corrected chi connectivity index (χ4v) is 1.62. The third-order valence-corrected chi connectivity index (χ3v) is 2.52. The maximum absolute atomic E-state index is 10.6. The summed E-state index contributed by atoms with van der Waals surface area (Å²) in [6, 6.07) is 7.96. The number of nitrogens with two attached hydrogens (primary N) is 1. The number of carbonyl (C=O) groups excluding carboxylic acids is 1. The Morgan fingerprint density at radius 3 is 2.94 bits per heavy atom. The SMILES string of the molecule is [B]NCCCc1cccc(OCCCC(N)=O)c1. The van der Waals surface area contributed by atoms with Crippen LogP contribution in [0.5, 0.6) is 5.75 Å². The van der Waals surface area contributed by atoms with Gasteiger partial charge in [0.2, 0.25) is 5.91 Å². The molecule has 2 radical (unpaired) electrons. The van der Waals surface area contributed by atoms with Crippen molar-refractivity contribution in [1.82, 2.24) is 5.23 Å². The van der Waals surface area contributed by atoms with Crippen molar-refractivity contribution in [2.24, 2.45) is 5.73 Å². The Morgan fingerprint density at radius 2 is 2.22 bits per heavy atom. The Balaban J connectivity index is 2.32. The molecule has 0 heterocycles. The highest BCUT2D eigenvalue weighted by atomic mass is 16.5. The number of ether oxygens (including phenoxy) is 1. The van der Waals surface area contributed by atoms with E-state index in [0.717, 1.165) is 25.1 Å². The van der Waals surface area contributed by atoms with Crippen molar-refractivity contribution in [1.29, 1.82) is 0 Å². The molecule has 18 heavy (non-hydrogen) atoms. The minimum Gasteiger partial charge on any atom is -0.494 e. The highest BCUT2D eigenvalue weighted by Crippen LogP contribution is 2.14. The number of aryl methyl sites for hydroxylation is 1. The smallest absolute Gasteiger partial charge is 0.217 e. The van der Waals surface area contributed by atoms with Crippen molar-refractivity contribution in [3.05, 3.63) is 29.8 Å². The standard InChI is InChI=1S/C13H19BN2O2/c14-16-8-2-5-11-4-1-6-12(10-11)18-9-3-7-13(15)17/h1,4,6,10,16H,2-3,5,7-9H2,(H2,15,17). The molecule has 0 saturated heterocycles. The highest BCUT2D eigenvalue weighted by Gasteiger charge is 1.99. The molecule has 96 valence electrons. The molecule has 3 N–H and O–H groups in total. The summed E-state index contributed by atoms with van der Waals surface area (Å²) < 4.78 is 5.56. The summed E-state index contributed by atoms with van der Waals surface area (Å²) in [6.45, 7) is 1.31. The fourth-order valence-electron chi connectivity index (χ4n) is 1.62. The quantitative estimate of drug-likeness (QED) is 0.503. The van der Waals surface area contributed by atoms with E-state index in [2.05, 4.69) is 11.3 Å². The first kappa shape index (κ1) is 14.6. The predicted molar refractivity (Wildman–Crippen MR) is 72.4 cm³/mol. The number of benzene rings is 1. The van der Waals surface area contributed by atoms with Gasteiger partial charge in [0.05, 0.1) is 6.61 Å². The van der Waals surface area contributed by atoms with Gasteiger partial charge in [-0.15, -0.1) is 0 Å². The first-order chi connectivity index (χ1) is 8.72. The third-order valence-electron chi connectivity index (χ3n) is 2.52. The number of carbonyl (C=O) groups is 1. The van der Waals surface area contributed by atoms with E-state index in [1.54, 1.807) is 0 Å². The van der Waals surface area contributed by atoms with Crippen LogP contribution in [0.25, 0.3) is 0 Å². The van der Waals surface area contributed by atoms with Crippen molar-refractivity contribution < 1.29 is 9.53 Å². The van der Waals surface area contributed by atoms with Gasteiger partial charge in [-0.05, 0) is 43.5 Å². The van der Waals surface area contributed by atoms with Crippen molar-refractivity contribution in [3.8, 4) is 5.75 Å². The fraction of sp³-hybridized carbons (Fsp3) is 0.462. The lowest BCUT2D eigenvalue weighted by atomic mass is 10.1. The molecule has 1 aromatic rings. The van der Waals surface area contributed by atoms with E-state index in [4.69, 9.17) is 18.5 Å². The van der Waals surface area contributed by atoms with Crippen LogP contribution in [-0.4, -0.2) is 27.0 Å². The van der Waals surface area contributed by atoms with Gasteiger partial charge in [-0.1, -0.05) is 12.1 Å². The van der Waals surface area contributed by atoms with Gasteiger partial charge in [-0.3, -0.25) is 4.79 Å². The summed E-state index contributed by atoms with van der Waals surface area (Å²) in [5, 5.41) is 2.63. The monoisotopic (exact) mass is 246 g/mol. The molecule has 0 atom stereocenters. The van der Waals surface area contributed by atoms with Gasteiger partial charge >= 0.3 is 0 Å². The zero-order valence-corrected chi connectivity index (χ0v) is 10.5. The molecule has 0 saturated carbocycles. The van der Waals surface area contributed by atoms with Crippen LogP contribution in [0.15, 0.2) is 24.3 Å². The van der Waals surface area contributed by atoms with Crippen LogP contribution in [0, 0.1) is 0 Å². The Kier molecular flexibility index (Phi) is 6.95. The van der Waals surface area contributed by atoms with E-state index in [-0.39, 0.29) is 5.91 Å². The summed E-state index contributed by atoms with van der Waals surface area (Å²) in [5.74, 6) is 0.541. The number of rotatable bonds is 9. The minimum absolute atomic E-state index is 0.290. The van der Waals surface area contributed by atoms with Crippen molar-refractivity contribution in [2.75, 3.05) is 13.2 Å². The van der Waals surface area contributed by atoms with E-state index in [9.17, 15) is 4.79 Å². The Labute approximate surface area is 109 Å². The highest BCUT2D eigenvalue weighted by molar-refractivity contribution is 6.04. The second-order valence-corrected chi connectivity index (χ2v) is 4.12. The zero-order valence-electron chi connectivity index (χ0n) is 10.5. The average molecular weight is 246 g/mol. The van der Waals surface area contributed by atoms with Gasteiger partial charge in [0.25, 0.3) is 0 Å². The van der Waals surface area contributed by atoms with Crippen LogP contribution in [0.1, 0.15) is 24.8 Å². The van der Waals surface area contributed by atoms with Crippen LogP contribution < -0.4 is 15.7 Å². The van der Waals surface area contributed by atoms with E-state index in [1.807, 2.05) is 18.2 Å². The molecule has 0 aliphatic heterocycles. The number of primary amides is 1. The van der Waals surface area contributed by atoms with Crippen LogP contribution in [0.2, 0.25) is 0 Å². The van der Waals surface area contributed by atoms with Gasteiger partial charge in [0.15, 0.2) is 7.98 Å². The number of hydrogen-bond donors (Lipinski definition) is 2. The molecule has 0 aliphatic carbocycles. The van der Waals surface area contributed by atoms with E-state index in [1.165, 1.54) is 5.56 Å². The Bertz CT molecular complexity index is 372. The predicted octanol–water partition coefficient (Wildman–Crippen LogP) is 0.937.